The maximum Gasteiger partial charge on any atom is 0.164 e. The number of aromatic nitrogens is 3. The Kier molecular flexibility index (Phi) is 5.92. The molecule has 0 saturated heterocycles. The van der Waals surface area contributed by atoms with Crippen LogP contribution in [0.1, 0.15) is 0 Å². The molecule has 0 unspecified atom stereocenters. The van der Waals surface area contributed by atoms with Crippen molar-refractivity contribution in [2.45, 2.75) is 0 Å². The van der Waals surface area contributed by atoms with Crippen molar-refractivity contribution in [3.05, 3.63) is 164 Å². The molecule has 11 aromatic rings. The van der Waals surface area contributed by atoms with Crippen molar-refractivity contribution in [1.29, 1.82) is 0 Å². The van der Waals surface area contributed by atoms with Gasteiger partial charge >= 0.3 is 0 Å². The Hall–Kier alpha value is -6.91. The highest BCUT2D eigenvalue weighted by molar-refractivity contribution is 6.36. The van der Waals surface area contributed by atoms with Crippen LogP contribution in [0.3, 0.4) is 0 Å². The monoisotopic (exact) mass is 649 g/mol. The van der Waals surface area contributed by atoms with Gasteiger partial charge in [-0.05, 0) is 78.5 Å². The summed E-state index contributed by atoms with van der Waals surface area (Å²) < 4.78 is 6.30. The van der Waals surface area contributed by atoms with Crippen molar-refractivity contribution in [1.82, 2.24) is 15.0 Å². The molecule has 0 amide bonds. The Morgan fingerprint density at radius 3 is 1.55 bits per heavy atom. The second-order valence-electron chi connectivity index (χ2n) is 13.1. The molecule has 236 valence electrons. The van der Waals surface area contributed by atoms with Gasteiger partial charge in [0.15, 0.2) is 17.5 Å². The molecule has 51 heavy (non-hydrogen) atoms. The Labute approximate surface area is 292 Å². The van der Waals surface area contributed by atoms with Gasteiger partial charge in [0.05, 0.1) is 0 Å². The van der Waals surface area contributed by atoms with Crippen molar-refractivity contribution in [3.63, 3.8) is 0 Å². The molecule has 0 aliphatic heterocycles. The van der Waals surface area contributed by atoms with E-state index in [9.17, 15) is 0 Å². The molecule has 9 aromatic carbocycles. The van der Waals surface area contributed by atoms with Gasteiger partial charge in [0.25, 0.3) is 0 Å². The van der Waals surface area contributed by atoms with Crippen LogP contribution in [0.4, 0.5) is 0 Å². The van der Waals surface area contributed by atoms with E-state index in [0.717, 1.165) is 44.2 Å². The normalized spacial score (nSPS) is 11.9. The second-order valence-corrected chi connectivity index (χ2v) is 13.1. The minimum absolute atomic E-state index is 0.651. The van der Waals surface area contributed by atoms with Crippen molar-refractivity contribution < 1.29 is 4.42 Å². The number of benzene rings is 9. The van der Waals surface area contributed by atoms with E-state index in [1.807, 2.05) is 60.7 Å². The van der Waals surface area contributed by atoms with Gasteiger partial charge in [-0.3, -0.25) is 0 Å². The zero-order valence-electron chi connectivity index (χ0n) is 27.3. The van der Waals surface area contributed by atoms with Gasteiger partial charge in [-0.1, -0.05) is 140 Å². The summed E-state index contributed by atoms with van der Waals surface area (Å²) >= 11 is 0. The SMILES string of the molecule is c1ccc(-c2nc(-c3ccccc3)nc(-c3ccc(-c4ccc5c(ccc6c7cccc8oc9cccc(c56)c9c87)c4)c4ccccc34)n2)cc1. The number of hydrogen-bond acceptors (Lipinski definition) is 4. The summed E-state index contributed by atoms with van der Waals surface area (Å²) in [7, 11) is 0. The van der Waals surface area contributed by atoms with E-state index in [1.165, 1.54) is 48.7 Å². The largest absolute Gasteiger partial charge is 0.456 e. The zero-order valence-corrected chi connectivity index (χ0v) is 27.3. The lowest BCUT2D eigenvalue weighted by Gasteiger charge is -2.14. The van der Waals surface area contributed by atoms with Crippen LogP contribution < -0.4 is 0 Å². The molecule has 0 aliphatic carbocycles. The second kappa shape index (κ2) is 10.8. The first-order valence-electron chi connectivity index (χ1n) is 17.2. The standard InChI is InChI=1S/C47H27N3O/c1-3-11-28(12-4-1)45-48-46(29-13-5-2-6-14-29)50-47(49-45)38-26-25-32(34-15-7-8-16-35(34)38)30-21-23-33-31(27-30)22-24-37-36-17-9-19-40-43(36)44-39(42(33)37)18-10-20-41(44)51-40/h1-27H. The van der Waals surface area contributed by atoms with E-state index >= 15 is 0 Å². The third-order valence-corrected chi connectivity index (χ3v) is 10.3. The minimum Gasteiger partial charge on any atom is -0.456 e. The molecule has 0 atom stereocenters. The molecule has 0 bridgehead atoms. The minimum atomic E-state index is 0.651. The van der Waals surface area contributed by atoms with Crippen LogP contribution in [-0.4, -0.2) is 15.0 Å². The maximum atomic E-state index is 6.30. The van der Waals surface area contributed by atoms with Gasteiger partial charge in [-0.25, -0.2) is 15.0 Å². The number of furan rings is 1. The smallest absolute Gasteiger partial charge is 0.164 e. The van der Waals surface area contributed by atoms with Crippen LogP contribution in [0.5, 0.6) is 0 Å². The molecule has 0 saturated carbocycles. The predicted molar refractivity (Wildman–Crippen MR) is 210 cm³/mol. The first-order chi connectivity index (χ1) is 25.3. The van der Waals surface area contributed by atoms with Gasteiger partial charge in [-0.2, -0.15) is 0 Å². The first kappa shape index (κ1) is 28.0. The third kappa shape index (κ3) is 4.23. The van der Waals surface area contributed by atoms with Crippen LogP contribution >= 0.6 is 0 Å². The fourth-order valence-electron chi connectivity index (χ4n) is 7.99. The molecule has 0 aliphatic rings. The average Bonchev–Trinajstić information content (AvgIpc) is 3.60. The number of hydrogen-bond donors (Lipinski definition) is 0. The zero-order chi connectivity index (χ0) is 33.5. The summed E-state index contributed by atoms with van der Waals surface area (Å²) in [5, 5.41) is 12.1. The summed E-state index contributed by atoms with van der Waals surface area (Å²) in [6.07, 6.45) is 0. The third-order valence-electron chi connectivity index (χ3n) is 10.3. The van der Waals surface area contributed by atoms with Crippen molar-refractivity contribution in [2.24, 2.45) is 0 Å². The van der Waals surface area contributed by atoms with E-state index in [4.69, 9.17) is 19.4 Å². The van der Waals surface area contributed by atoms with E-state index in [0.29, 0.717) is 17.5 Å². The fraction of sp³-hybridized carbons (Fsp3) is 0. The van der Waals surface area contributed by atoms with E-state index in [2.05, 4.69) is 103 Å². The topological polar surface area (TPSA) is 51.8 Å². The Morgan fingerprint density at radius 2 is 0.843 bits per heavy atom. The molecule has 4 heteroatoms. The van der Waals surface area contributed by atoms with Gasteiger partial charge in [0, 0.05) is 27.5 Å². The van der Waals surface area contributed by atoms with Crippen LogP contribution in [0.2, 0.25) is 0 Å². The molecule has 0 spiro atoms. The van der Waals surface area contributed by atoms with Crippen molar-refractivity contribution >= 4 is 65.0 Å². The summed E-state index contributed by atoms with van der Waals surface area (Å²) in [4.78, 5) is 15.0. The highest BCUT2D eigenvalue weighted by Crippen LogP contribution is 2.45. The van der Waals surface area contributed by atoms with E-state index in [1.54, 1.807) is 0 Å². The quantitative estimate of drug-likeness (QED) is 0.178. The first-order valence-corrected chi connectivity index (χ1v) is 17.2. The number of fused-ring (bicyclic) bond motifs is 6. The summed E-state index contributed by atoms with van der Waals surface area (Å²) in [6.45, 7) is 0. The van der Waals surface area contributed by atoms with E-state index in [-0.39, 0.29) is 0 Å². The summed E-state index contributed by atoms with van der Waals surface area (Å²) in [5.41, 5.74) is 7.08. The van der Waals surface area contributed by atoms with Crippen LogP contribution in [-0.2, 0) is 0 Å². The molecule has 11 rings (SSSR count). The molecular weight excluding hydrogens is 623 g/mol. The van der Waals surface area contributed by atoms with E-state index < -0.39 is 0 Å². The predicted octanol–water partition coefficient (Wildman–Crippen LogP) is 12.5. The van der Waals surface area contributed by atoms with Crippen LogP contribution in [0.25, 0.3) is 110 Å². The summed E-state index contributed by atoms with van der Waals surface area (Å²) in [5.74, 6) is 1.96. The molecule has 0 fully saturated rings. The molecule has 2 aromatic heterocycles. The molecule has 4 nitrogen and oxygen atoms in total. The van der Waals surface area contributed by atoms with Gasteiger partial charge in [0.1, 0.15) is 11.2 Å². The van der Waals surface area contributed by atoms with Gasteiger partial charge in [-0.15, -0.1) is 0 Å². The Bertz CT molecular complexity index is 3070. The summed E-state index contributed by atoms with van der Waals surface area (Å²) in [6, 6.07) is 57.4. The highest BCUT2D eigenvalue weighted by Gasteiger charge is 2.19. The van der Waals surface area contributed by atoms with Crippen LogP contribution in [0.15, 0.2) is 168 Å². The van der Waals surface area contributed by atoms with Crippen LogP contribution in [0, 0.1) is 0 Å². The molecule has 2 heterocycles. The fourth-order valence-corrected chi connectivity index (χ4v) is 7.99. The molecule has 0 radical (unpaired) electrons. The van der Waals surface area contributed by atoms with Gasteiger partial charge < -0.3 is 4.42 Å². The lowest BCUT2D eigenvalue weighted by molar-refractivity contribution is 0.669. The Morgan fingerprint density at radius 1 is 0.314 bits per heavy atom. The number of nitrogens with zero attached hydrogens (tertiary/aromatic N) is 3. The van der Waals surface area contributed by atoms with Crippen molar-refractivity contribution in [2.75, 3.05) is 0 Å². The molecule has 0 N–H and O–H groups in total. The number of rotatable bonds is 4. The highest BCUT2D eigenvalue weighted by atomic mass is 16.3. The van der Waals surface area contributed by atoms with Gasteiger partial charge in [0.2, 0.25) is 0 Å². The average molecular weight is 650 g/mol. The maximum absolute atomic E-state index is 6.30. The Balaban J connectivity index is 1.10. The van der Waals surface area contributed by atoms with Crippen molar-refractivity contribution in [3.8, 4) is 45.3 Å². The lowest BCUT2D eigenvalue weighted by atomic mass is 9.89. The lowest BCUT2D eigenvalue weighted by Crippen LogP contribution is -2.00. The molecular formula is C47H27N3O.